The van der Waals surface area contributed by atoms with E-state index in [0.717, 1.165) is 42.5 Å². The molecule has 4 rings (SSSR count). The van der Waals surface area contributed by atoms with Crippen LogP contribution in [-0.2, 0) is 10.8 Å². The molecule has 0 amide bonds. The average Bonchev–Trinajstić information content (AvgIpc) is 3.06. The van der Waals surface area contributed by atoms with E-state index in [1.807, 2.05) is 12.3 Å². The Hall–Kier alpha value is -3.02. The van der Waals surface area contributed by atoms with Crippen LogP contribution >= 0.6 is 0 Å². The molecule has 0 fully saturated rings. The number of ether oxygens (including phenoxy) is 2. The topological polar surface area (TPSA) is 70.0 Å². The quantitative estimate of drug-likeness (QED) is 0.184. The van der Waals surface area contributed by atoms with Gasteiger partial charge in [0.1, 0.15) is 0 Å². The van der Waals surface area contributed by atoms with Crippen molar-refractivity contribution in [2.24, 2.45) is 5.41 Å². The van der Waals surface area contributed by atoms with E-state index in [0.29, 0.717) is 31.1 Å². The molecule has 1 aliphatic carbocycles. The molecule has 0 atom stereocenters. The second kappa shape index (κ2) is 12.9. The van der Waals surface area contributed by atoms with Gasteiger partial charge < -0.3 is 9.47 Å². The standard InChI is InChI=1S/C35H50N4O2/c1-9-11-13-15-21-40-31-37-30(38-32(39-31)41-22-16-14-12-10-2)26-18-20-29(36-24-26)25-17-19-27-28(23-25)34(5,6)35(7,8)33(27,3)4/h17-20,23-24H,9-16,21-22H2,1-8H3. The second-order valence-electron chi connectivity index (χ2n) is 13.1. The molecule has 0 aliphatic heterocycles. The lowest BCUT2D eigenvalue weighted by molar-refractivity contribution is 0.125. The SMILES string of the molecule is CCCCCCOc1nc(OCCCCCC)nc(-c2ccc(-c3ccc4c(c3)C(C)(C)C(C)(C)C4(C)C)nc2)n1. The van der Waals surface area contributed by atoms with Crippen LogP contribution < -0.4 is 9.47 Å². The van der Waals surface area contributed by atoms with Gasteiger partial charge in [0.05, 0.1) is 18.9 Å². The van der Waals surface area contributed by atoms with Gasteiger partial charge in [-0.25, -0.2) is 0 Å². The molecule has 0 N–H and O–H groups in total. The van der Waals surface area contributed by atoms with Crippen molar-refractivity contribution in [3.05, 3.63) is 47.7 Å². The number of aromatic nitrogens is 4. The van der Waals surface area contributed by atoms with E-state index in [9.17, 15) is 0 Å². The Morgan fingerprint density at radius 1 is 0.610 bits per heavy atom. The zero-order chi connectivity index (χ0) is 29.7. The molecule has 0 spiro atoms. The van der Waals surface area contributed by atoms with Gasteiger partial charge in [-0.3, -0.25) is 4.98 Å². The Bertz CT molecular complexity index is 1270. The Morgan fingerprint density at radius 2 is 1.17 bits per heavy atom. The van der Waals surface area contributed by atoms with Crippen molar-refractivity contribution in [1.82, 2.24) is 19.9 Å². The number of nitrogens with zero attached hydrogens (tertiary/aromatic N) is 4. The molecular formula is C35H50N4O2. The van der Waals surface area contributed by atoms with Crippen molar-refractivity contribution in [3.8, 4) is 34.7 Å². The largest absolute Gasteiger partial charge is 0.463 e. The van der Waals surface area contributed by atoms with E-state index < -0.39 is 0 Å². The lowest BCUT2D eigenvalue weighted by Crippen LogP contribution is -2.42. The lowest BCUT2D eigenvalue weighted by atomic mass is 9.59. The summed E-state index contributed by atoms with van der Waals surface area (Å²) in [6.07, 6.45) is 10.8. The number of rotatable bonds is 14. The van der Waals surface area contributed by atoms with Crippen LogP contribution in [0, 0.1) is 5.41 Å². The number of benzene rings is 1. The van der Waals surface area contributed by atoms with Crippen LogP contribution in [0.4, 0.5) is 0 Å². The minimum Gasteiger partial charge on any atom is -0.463 e. The summed E-state index contributed by atoms with van der Waals surface area (Å²) in [5, 5.41) is 0. The predicted octanol–water partition coefficient (Wildman–Crippen LogP) is 9.11. The molecular weight excluding hydrogens is 508 g/mol. The zero-order valence-corrected chi connectivity index (χ0v) is 26.6. The Balaban J connectivity index is 1.56. The molecule has 0 saturated carbocycles. The van der Waals surface area contributed by atoms with E-state index in [1.165, 1.54) is 36.8 Å². The van der Waals surface area contributed by atoms with Gasteiger partial charge in [0.15, 0.2) is 5.82 Å². The fourth-order valence-corrected chi connectivity index (χ4v) is 5.90. The van der Waals surface area contributed by atoms with Gasteiger partial charge in [-0.2, -0.15) is 9.97 Å². The summed E-state index contributed by atoms with van der Waals surface area (Å²) < 4.78 is 11.9. The predicted molar refractivity (Wildman–Crippen MR) is 168 cm³/mol. The molecule has 0 bridgehead atoms. The van der Waals surface area contributed by atoms with Crippen LogP contribution in [0.1, 0.15) is 118 Å². The summed E-state index contributed by atoms with van der Waals surface area (Å²) in [5.41, 5.74) is 5.98. The number of fused-ring (bicyclic) bond motifs is 1. The maximum absolute atomic E-state index is 5.93. The Labute approximate surface area is 247 Å². The van der Waals surface area contributed by atoms with Gasteiger partial charge in [0, 0.05) is 17.3 Å². The molecule has 0 saturated heterocycles. The van der Waals surface area contributed by atoms with Crippen molar-refractivity contribution in [2.45, 2.75) is 118 Å². The number of pyridine rings is 1. The normalized spacial score (nSPS) is 16.4. The molecule has 0 unspecified atom stereocenters. The molecule has 2 heterocycles. The van der Waals surface area contributed by atoms with Crippen LogP contribution in [-0.4, -0.2) is 33.1 Å². The van der Waals surface area contributed by atoms with Crippen molar-refractivity contribution in [2.75, 3.05) is 13.2 Å². The average molecular weight is 559 g/mol. The van der Waals surface area contributed by atoms with E-state index in [1.54, 1.807) is 0 Å². The first-order valence-electron chi connectivity index (χ1n) is 15.7. The molecule has 0 radical (unpaired) electrons. The van der Waals surface area contributed by atoms with Gasteiger partial charge in [0.2, 0.25) is 0 Å². The highest BCUT2D eigenvalue weighted by atomic mass is 16.5. The first-order chi connectivity index (χ1) is 19.5. The molecule has 1 aromatic carbocycles. The highest BCUT2D eigenvalue weighted by Gasteiger charge is 2.56. The van der Waals surface area contributed by atoms with Gasteiger partial charge in [-0.1, -0.05) is 106 Å². The maximum atomic E-state index is 5.93. The molecule has 222 valence electrons. The van der Waals surface area contributed by atoms with Crippen LogP contribution in [0.5, 0.6) is 12.0 Å². The van der Waals surface area contributed by atoms with Gasteiger partial charge in [-0.05, 0) is 58.4 Å². The third kappa shape index (κ3) is 6.42. The van der Waals surface area contributed by atoms with E-state index in [4.69, 9.17) is 14.5 Å². The zero-order valence-electron chi connectivity index (χ0n) is 26.6. The highest BCUT2D eigenvalue weighted by molar-refractivity contribution is 5.66. The van der Waals surface area contributed by atoms with Crippen LogP contribution in [0.25, 0.3) is 22.6 Å². The minimum atomic E-state index is 0.0482. The smallest absolute Gasteiger partial charge is 0.323 e. The first kappa shape index (κ1) is 30.9. The molecule has 2 aromatic heterocycles. The maximum Gasteiger partial charge on any atom is 0.323 e. The first-order valence-corrected chi connectivity index (χ1v) is 15.7. The molecule has 41 heavy (non-hydrogen) atoms. The number of hydrogen-bond acceptors (Lipinski definition) is 6. The van der Waals surface area contributed by atoms with Crippen molar-refractivity contribution < 1.29 is 9.47 Å². The number of hydrogen-bond donors (Lipinski definition) is 0. The van der Waals surface area contributed by atoms with Crippen LogP contribution in [0.2, 0.25) is 0 Å². The Morgan fingerprint density at radius 3 is 1.71 bits per heavy atom. The van der Waals surface area contributed by atoms with Gasteiger partial charge in [0.25, 0.3) is 0 Å². The van der Waals surface area contributed by atoms with Crippen molar-refractivity contribution >= 4 is 0 Å². The van der Waals surface area contributed by atoms with E-state index >= 15 is 0 Å². The molecule has 3 aromatic rings. The summed E-state index contributed by atoms with van der Waals surface area (Å²) in [6, 6.07) is 11.5. The summed E-state index contributed by atoms with van der Waals surface area (Å²) in [6.45, 7) is 19.8. The summed E-state index contributed by atoms with van der Waals surface area (Å²) in [4.78, 5) is 18.5. The second-order valence-corrected chi connectivity index (χ2v) is 13.1. The third-order valence-electron chi connectivity index (χ3n) is 9.86. The molecule has 1 aliphatic rings. The summed E-state index contributed by atoms with van der Waals surface area (Å²) in [5.74, 6) is 0.518. The van der Waals surface area contributed by atoms with Gasteiger partial charge >= 0.3 is 12.0 Å². The Kier molecular flexibility index (Phi) is 9.71. The lowest BCUT2D eigenvalue weighted by Gasteiger charge is -2.44. The monoisotopic (exact) mass is 558 g/mol. The van der Waals surface area contributed by atoms with Crippen LogP contribution in [0.3, 0.4) is 0 Å². The molecule has 6 heteroatoms. The summed E-state index contributed by atoms with van der Waals surface area (Å²) >= 11 is 0. The van der Waals surface area contributed by atoms with Crippen LogP contribution in [0.15, 0.2) is 36.5 Å². The molecule has 6 nitrogen and oxygen atoms in total. The van der Waals surface area contributed by atoms with Gasteiger partial charge in [-0.15, -0.1) is 4.98 Å². The van der Waals surface area contributed by atoms with E-state index in [2.05, 4.69) is 94.6 Å². The summed E-state index contributed by atoms with van der Waals surface area (Å²) in [7, 11) is 0. The third-order valence-corrected chi connectivity index (χ3v) is 9.86. The van der Waals surface area contributed by atoms with E-state index in [-0.39, 0.29) is 16.2 Å². The fraction of sp³-hybridized carbons (Fsp3) is 0.600. The van der Waals surface area contributed by atoms with Crippen molar-refractivity contribution in [3.63, 3.8) is 0 Å². The fourth-order valence-electron chi connectivity index (χ4n) is 5.90. The minimum absolute atomic E-state index is 0.0482. The highest BCUT2D eigenvalue weighted by Crippen LogP contribution is 2.61. The number of unbranched alkanes of at least 4 members (excludes halogenated alkanes) is 6. The van der Waals surface area contributed by atoms with Crippen molar-refractivity contribution in [1.29, 1.82) is 0 Å².